The van der Waals surface area contributed by atoms with Crippen LogP contribution in [0.2, 0.25) is 0 Å². The molecule has 0 aliphatic carbocycles. The Morgan fingerprint density at radius 3 is 2.67 bits per heavy atom. The van der Waals surface area contributed by atoms with Gasteiger partial charge in [0.2, 0.25) is 5.43 Å². The molecule has 0 saturated heterocycles. The molecule has 2 aromatic carbocycles. The van der Waals surface area contributed by atoms with Gasteiger partial charge in [0.15, 0.2) is 11.6 Å². The van der Waals surface area contributed by atoms with Gasteiger partial charge in [0.05, 0.1) is 36.1 Å². The first kappa shape index (κ1) is 19.5. The van der Waals surface area contributed by atoms with Crippen LogP contribution in [-0.4, -0.2) is 26.7 Å². The largest absolute Gasteiger partial charge is 0.462 e. The van der Waals surface area contributed by atoms with E-state index in [-0.39, 0.29) is 23.1 Å². The average Bonchev–Trinajstić information content (AvgIpc) is 3.24. The van der Waals surface area contributed by atoms with Gasteiger partial charge in [-0.1, -0.05) is 18.2 Å². The topological polar surface area (TPSA) is 66.1 Å². The van der Waals surface area contributed by atoms with Crippen LogP contribution >= 0.6 is 0 Å². The molecule has 4 aromatic rings. The summed E-state index contributed by atoms with van der Waals surface area (Å²) in [6.45, 7) is 2.14. The van der Waals surface area contributed by atoms with Gasteiger partial charge in [0.1, 0.15) is 5.56 Å². The molecule has 0 N–H and O–H groups in total. The second-order valence-electron chi connectivity index (χ2n) is 6.61. The van der Waals surface area contributed by atoms with Gasteiger partial charge in [0.25, 0.3) is 0 Å². The second-order valence-corrected chi connectivity index (χ2v) is 6.61. The zero-order valence-corrected chi connectivity index (χ0v) is 16.0. The summed E-state index contributed by atoms with van der Waals surface area (Å²) in [5.41, 5.74) is 0.594. The molecule has 6 nitrogen and oxygen atoms in total. The number of imidazole rings is 1. The van der Waals surface area contributed by atoms with Gasteiger partial charge in [-0.2, -0.15) is 0 Å². The fraction of sp³-hybridized carbons (Fsp3) is 0.136. The first-order valence-corrected chi connectivity index (χ1v) is 9.25. The summed E-state index contributed by atoms with van der Waals surface area (Å²) in [5, 5.41) is -0.114. The highest BCUT2D eigenvalue weighted by molar-refractivity contribution is 5.94. The summed E-state index contributed by atoms with van der Waals surface area (Å²) in [7, 11) is 0. The van der Waals surface area contributed by atoms with Crippen molar-refractivity contribution in [3.63, 3.8) is 0 Å². The van der Waals surface area contributed by atoms with Crippen molar-refractivity contribution < 1.29 is 18.3 Å². The number of ether oxygens (including phenoxy) is 1. The van der Waals surface area contributed by atoms with E-state index in [0.717, 1.165) is 17.7 Å². The Labute approximate surface area is 170 Å². The molecule has 2 heterocycles. The number of rotatable bonds is 5. The summed E-state index contributed by atoms with van der Waals surface area (Å²) >= 11 is 0. The molecule has 0 radical (unpaired) electrons. The van der Waals surface area contributed by atoms with Gasteiger partial charge in [-0.3, -0.25) is 4.79 Å². The fourth-order valence-corrected chi connectivity index (χ4v) is 3.33. The van der Waals surface area contributed by atoms with E-state index in [0.29, 0.717) is 12.2 Å². The molecule has 8 heteroatoms. The third-order valence-electron chi connectivity index (χ3n) is 4.70. The highest BCUT2D eigenvalue weighted by Crippen LogP contribution is 2.24. The molecule has 0 aliphatic rings. The van der Waals surface area contributed by atoms with E-state index in [9.17, 15) is 18.4 Å². The number of nitrogens with zero attached hydrogens (tertiary/aromatic N) is 3. The zero-order valence-electron chi connectivity index (χ0n) is 16.0. The average molecular weight is 409 g/mol. The van der Waals surface area contributed by atoms with Crippen LogP contribution in [0.15, 0.2) is 66.1 Å². The highest BCUT2D eigenvalue weighted by Gasteiger charge is 2.20. The lowest BCUT2D eigenvalue weighted by atomic mass is 10.1. The minimum atomic E-state index is -1.17. The van der Waals surface area contributed by atoms with Crippen molar-refractivity contribution >= 4 is 16.9 Å². The van der Waals surface area contributed by atoms with Gasteiger partial charge in [-0.25, -0.2) is 18.6 Å². The maximum Gasteiger partial charge on any atom is 0.343 e. The quantitative estimate of drug-likeness (QED) is 0.472. The summed E-state index contributed by atoms with van der Waals surface area (Å²) in [6.07, 6.45) is 6.40. The number of halogens is 2. The van der Waals surface area contributed by atoms with E-state index >= 15 is 0 Å². The van der Waals surface area contributed by atoms with E-state index in [4.69, 9.17) is 4.74 Å². The highest BCUT2D eigenvalue weighted by atomic mass is 19.2. The van der Waals surface area contributed by atoms with Crippen LogP contribution < -0.4 is 5.43 Å². The SMILES string of the molecule is CCOC(=O)c1cn(-c2ccccc2Cn2ccnc2)c2cc(F)c(F)cc2c1=O. The fourth-order valence-electron chi connectivity index (χ4n) is 3.33. The van der Waals surface area contributed by atoms with Gasteiger partial charge in [-0.05, 0) is 24.6 Å². The van der Waals surface area contributed by atoms with Crippen LogP contribution in [-0.2, 0) is 11.3 Å². The Morgan fingerprint density at radius 1 is 1.17 bits per heavy atom. The Morgan fingerprint density at radius 2 is 1.93 bits per heavy atom. The summed E-state index contributed by atoms with van der Waals surface area (Å²) in [4.78, 5) is 29.2. The van der Waals surface area contributed by atoms with Crippen molar-refractivity contribution in [1.29, 1.82) is 0 Å². The van der Waals surface area contributed by atoms with Crippen LogP contribution in [0, 0.1) is 11.6 Å². The van der Waals surface area contributed by atoms with E-state index in [2.05, 4.69) is 4.98 Å². The molecule has 30 heavy (non-hydrogen) atoms. The molecular weight excluding hydrogens is 392 g/mol. The monoisotopic (exact) mass is 409 g/mol. The molecule has 2 aromatic heterocycles. The smallest absolute Gasteiger partial charge is 0.343 e. The van der Waals surface area contributed by atoms with E-state index in [1.165, 1.54) is 10.8 Å². The number of carbonyl (C=O) groups is 1. The van der Waals surface area contributed by atoms with Crippen LogP contribution in [0.5, 0.6) is 0 Å². The van der Waals surface area contributed by atoms with Crippen LogP contribution in [0.25, 0.3) is 16.6 Å². The number of para-hydroxylation sites is 1. The lowest BCUT2D eigenvalue weighted by molar-refractivity contribution is 0.0524. The Kier molecular flexibility index (Phi) is 5.14. The number of carbonyl (C=O) groups excluding carboxylic acids is 1. The van der Waals surface area contributed by atoms with Crippen molar-refractivity contribution in [3.05, 3.63) is 94.3 Å². The maximum atomic E-state index is 14.1. The first-order chi connectivity index (χ1) is 14.5. The Bertz CT molecular complexity index is 1300. The van der Waals surface area contributed by atoms with Gasteiger partial charge in [-0.15, -0.1) is 0 Å². The first-order valence-electron chi connectivity index (χ1n) is 9.25. The summed E-state index contributed by atoms with van der Waals surface area (Å²) in [6, 6.07) is 9.02. The van der Waals surface area contributed by atoms with Crippen LogP contribution in [0.1, 0.15) is 22.8 Å². The summed E-state index contributed by atoms with van der Waals surface area (Å²) < 4.78 is 36.3. The number of benzene rings is 2. The molecule has 0 aliphatic heterocycles. The molecule has 0 unspecified atom stereocenters. The molecule has 0 spiro atoms. The molecular formula is C22H17F2N3O3. The van der Waals surface area contributed by atoms with Gasteiger partial charge >= 0.3 is 5.97 Å². The molecule has 0 fully saturated rings. The number of esters is 1. The lowest BCUT2D eigenvalue weighted by Crippen LogP contribution is -2.21. The normalized spacial score (nSPS) is 11.0. The van der Waals surface area contributed by atoms with E-state index in [1.807, 2.05) is 16.7 Å². The zero-order chi connectivity index (χ0) is 21.3. The van der Waals surface area contributed by atoms with Crippen LogP contribution in [0.3, 0.4) is 0 Å². The molecule has 0 saturated carbocycles. The number of pyridine rings is 1. The van der Waals surface area contributed by atoms with Crippen molar-refractivity contribution in [2.75, 3.05) is 6.61 Å². The van der Waals surface area contributed by atoms with Gasteiger partial charge in [0, 0.05) is 24.7 Å². The Hall–Kier alpha value is -3.81. The second kappa shape index (κ2) is 7.90. The molecule has 152 valence electrons. The van der Waals surface area contributed by atoms with Crippen molar-refractivity contribution in [2.45, 2.75) is 13.5 Å². The summed E-state index contributed by atoms with van der Waals surface area (Å²) in [5.74, 6) is -3.08. The van der Waals surface area contributed by atoms with E-state index in [1.54, 1.807) is 37.8 Å². The van der Waals surface area contributed by atoms with Crippen molar-refractivity contribution in [2.24, 2.45) is 0 Å². The number of aromatic nitrogens is 3. The van der Waals surface area contributed by atoms with E-state index < -0.39 is 23.0 Å². The number of hydrogen-bond donors (Lipinski definition) is 0. The molecule has 0 amide bonds. The predicted octanol–water partition coefficient (Wildman–Crippen LogP) is 3.69. The van der Waals surface area contributed by atoms with Gasteiger partial charge < -0.3 is 13.9 Å². The molecule has 0 atom stereocenters. The third-order valence-corrected chi connectivity index (χ3v) is 4.70. The molecule has 0 bridgehead atoms. The molecule has 4 rings (SSSR count). The van der Waals surface area contributed by atoms with Crippen molar-refractivity contribution in [1.82, 2.24) is 14.1 Å². The minimum absolute atomic E-state index is 0.0747. The maximum absolute atomic E-state index is 14.1. The third kappa shape index (κ3) is 3.47. The predicted molar refractivity (Wildman–Crippen MR) is 107 cm³/mol. The van der Waals surface area contributed by atoms with Crippen LogP contribution in [0.4, 0.5) is 8.78 Å². The standard InChI is InChI=1S/C22H17F2N3O3/c1-2-30-22(29)16-12-27(20-10-18(24)17(23)9-15(20)21(16)28)19-6-4-3-5-14(19)11-26-8-7-25-13-26/h3-10,12-13H,2,11H2,1H3. The lowest BCUT2D eigenvalue weighted by Gasteiger charge is -2.17. The minimum Gasteiger partial charge on any atom is -0.462 e. The van der Waals surface area contributed by atoms with Crippen molar-refractivity contribution in [3.8, 4) is 5.69 Å². The Balaban J connectivity index is 2.01. The number of fused-ring (bicyclic) bond motifs is 1. The number of hydrogen-bond acceptors (Lipinski definition) is 4.